The lowest BCUT2D eigenvalue weighted by atomic mass is 9.94. The van der Waals surface area contributed by atoms with Gasteiger partial charge in [0.2, 0.25) is 0 Å². The molecule has 0 bridgehead atoms. The molecule has 0 radical (unpaired) electrons. The lowest BCUT2D eigenvalue weighted by Gasteiger charge is -2.30. The molecule has 0 amide bonds. The molecule has 1 aliphatic rings. The highest BCUT2D eigenvalue weighted by molar-refractivity contribution is 6.31. The van der Waals surface area contributed by atoms with Crippen molar-refractivity contribution in [2.75, 3.05) is 0 Å². The highest BCUT2D eigenvalue weighted by Crippen LogP contribution is 2.69. The second kappa shape index (κ2) is 6.05. The van der Waals surface area contributed by atoms with Crippen molar-refractivity contribution in [2.45, 2.75) is 73.0 Å². The van der Waals surface area contributed by atoms with Gasteiger partial charge < -0.3 is 9.41 Å². The summed E-state index contributed by atoms with van der Waals surface area (Å²) in [5.41, 5.74) is 2.72. The Kier molecular flexibility index (Phi) is 4.56. The van der Waals surface area contributed by atoms with Gasteiger partial charge in [0.25, 0.3) is 0 Å². The molecule has 0 aliphatic heterocycles. The predicted molar refractivity (Wildman–Crippen MR) is 116 cm³/mol. The third-order valence-electron chi connectivity index (χ3n) is 6.79. The van der Waals surface area contributed by atoms with Gasteiger partial charge in [-0.2, -0.15) is 0 Å². The molecule has 1 N–H and O–H groups in total. The van der Waals surface area contributed by atoms with Gasteiger partial charge in [0, 0.05) is 28.6 Å². The Bertz CT molecular complexity index is 869. The van der Waals surface area contributed by atoms with E-state index in [9.17, 15) is 4.79 Å². The average Bonchev–Trinajstić information content (AvgIpc) is 2.86. The molecule has 1 aliphatic carbocycles. The molecule has 0 unspecified atom stereocenters. The van der Waals surface area contributed by atoms with Crippen molar-refractivity contribution in [2.24, 2.45) is 16.7 Å². The molecule has 148 valence electrons. The Hall–Kier alpha value is -1.39. The van der Waals surface area contributed by atoms with Crippen LogP contribution in [0.15, 0.2) is 24.4 Å². The molecule has 27 heavy (non-hydrogen) atoms. The zero-order valence-corrected chi connectivity index (χ0v) is 19.8. The van der Waals surface area contributed by atoms with Crippen molar-refractivity contribution in [3.8, 4) is 0 Å². The summed E-state index contributed by atoms with van der Waals surface area (Å²) in [4.78, 5) is 16.6. The minimum absolute atomic E-state index is 0.0476. The molecular weight excluding hydrogens is 350 g/mol. The van der Waals surface area contributed by atoms with Gasteiger partial charge in [0.1, 0.15) is 0 Å². The van der Waals surface area contributed by atoms with Crippen LogP contribution in [0.5, 0.6) is 0 Å². The fourth-order valence-corrected chi connectivity index (χ4v) is 5.15. The number of carbonyl (C=O) groups is 1. The van der Waals surface area contributed by atoms with Crippen molar-refractivity contribution in [1.29, 1.82) is 0 Å². The van der Waals surface area contributed by atoms with E-state index >= 15 is 0 Å². The third kappa shape index (κ3) is 3.42. The van der Waals surface area contributed by atoms with Crippen molar-refractivity contribution >= 4 is 26.4 Å². The third-order valence-corrected chi connectivity index (χ3v) is 8.52. The summed E-state index contributed by atoms with van der Waals surface area (Å²) in [6.45, 7) is 19.8. The summed E-state index contributed by atoms with van der Waals surface area (Å²) in [5, 5.41) is 1.27. The van der Waals surface area contributed by atoms with E-state index in [4.69, 9.17) is 4.43 Å². The number of H-pyrrole nitrogens is 1. The van der Waals surface area contributed by atoms with E-state index in [2.05, 4.69) is 85.5 Å². The molecule has 3 nitrogen and oxygen atoms in total. The Balaban J connectivity index is 1.94. The van der Waals surface area contributed by atoms with E-state index in [1.54, 1.807) is 0 Å². The van der Waals surface area contributed by atoms with E-state index < -0.39 is 9.76 Å². The van der Waals surface area contributed by atoms with Gasteiger partial charge in [-0.25, -0.2) is 0 Å². The maximum atomic E-state index is 13.3. The maximum Gasteiger partial charge on any atom is 0.169 e. The van der Waals surface area contributed by atoms with Gasteiger partial charge in [0.05, 0.1) is 5.60 Å². The first-order chi connectivity index (χ1) is 12.2. The average molecular weight is 386 g/mol. The highest BCUT2D eigenvalue weighted by Gasteiger charge is 2.68. The fourth-order valence-electron chi connectivity index (χ4n) is 4.19. The number of aromatic amines is 1. The number of aromatic nitrogens is 1. The molecular formula is C23H35NO2Si. The zero-order valence-electron chi connectivity index (χ0n) is 18.4. The van der Waals surface area contributed by atoms with Crippen molar-refractivity contribution < 1.29 is 9.22 Å². The number of hydrogen-bond acceptors (Lipinski definition) is 2. The van der Waals surface area contributed by atoms with Crippen molar-refractivity contribution in [3.05, 3.63) is 35.5 Å². The molecule has 1 saturated carbocycles. The van der Waals surface area contributed by atoms with Crippen LogP contribution in [0.4, 0.5) is 0 Å². The van der Waals surface area contributed by atoms with Crippen LogP contribution in [0.25, 0.3) is 10.9 Å². The summed E-state index contributed by atoms with van der Waals surface area (Å²) >= 11 is 0. The molecule has 1 fully saturated rings. The molecule has 1 heterocycles. The SMILES string of the molecule is CC(C)(C)[SiH2]OC(C)(C)c1ccc2[nH]cc(C(=O)C3C(C)(C)C3(C)C)c2c1. The van der Waals surface area contributed by atoms with Crippen LogP contribution in [-0.4, -0.2) is 20.5 Å². The van der Waals surface area contributed by atoms with Gasteiger partial charge >= 0.3 is 0 Å². The maximum absolute atomic E-state index is 13.3. The standard InChI is InChI=1S/C23H35NO2Si/c1-20(2,3)27-26-23(8,9)14-10-11-17-15(12-14)16(13-24-17)18(25)19-21(4,5)22(19,6)7/h10-13,19,24H,27H2,1-9H3. The zero-order chi connectivity index (χ0) is 20.4. The molecule has 0 atom stereocenters. The first-order valence-electron chi connectivity index (χ1n) is 9.98. The lowest BCUT2D eigenvalue weighted by Crippen LogP contribution is -2.27. The van der Waals surface area contributed by atoms with E-state index in [0.29, 0.717) is 0 Å². The first kappa shape index (κ1) is 20.3. The van der Waals surface area contributed by atoms with Crippen LogP contribution in [0.3, 0.4) is 0 Å². The van der Waals surface area contributed by atoms with Crippen molar-refractivity contribution in [3.63, 3.8) is 0 Å². The monoisotopic (exact) mass is 385 g/mol. The Morgan fingerprint density at radius 2 is 1.67 bits per heavy atom. The number of benzene rings is 1. The van der Waals surface area contributed by atoms with E-state index in [-0.39, 0.29) is 33.2 Å². The van der Waals surface area contributed by atoms with Crippen LogP contribution in [-0.2, 0) is 10.0 Å². The number of nitrogens with one attached hydrogen (secondary N) is 1. The smallest absolute Gasteiger partial charge is 0.169 e. The van der Waals surface area contributed by atoms with Gasteiger partial charge in [-0.05, 0) is 47.4 Å². The van der Waals surface area contributed by atoms with Crippen molar-refractivity contribution in [1.82, 2.24) is 4.98 Å². The normalized spacial score (nSPS) is 19.9. The number of fused-ring (bicyclic) bond motifs is 1. The van der Waals surface area contributed by atoms with Gasteiger partial charge in [-0.3, -0.25) is 4.79 Å². The fraction of sp³-hybridized carbons (Fsp3) is 0.609. The molecule has 4 heteroatoms. The number of ketones is 1. The topological polar surface area (TPSA) is 42.1 Å². The Morgan fingerprint density at radius 3 is 2.19 bits per heavy atom. The summed E-state index contributed by atoms with van der Waals surface area (Å²) in [6.07, 6.45) is 1.89. The summed E-state index contributed by atoms with van der Waals surface area (Å²) in [6, 6.07) is 6.35. The second-order valence-corrected chi connectivity index (χ2v) is 13.8. The van der Waals surface area contributed by atoms with Gasteiger partial charge in [-0.15, -0.1) is 0 Å². The van der Waals surface area contributed by atoms with Gasteiger partial charge in [-0.1, -0.05) is 54.5 Å². The second-order valence-electron chi connectivity index (χ2n) is 11.1. The Labute approximate surface area is 166 Å². The van der Waals surface area contributed by atoms with Crippen LogP contribution >= 0.6 is 0 Å². The molecule has 3 rings (SSSR count). The van der Waals surface area contributed by atoms with Crippen LogP contribution in [0.2, 0.25) is 5.04 Å². The number of hydrogen-bond donors (Lipinski definition) is 1. The number of Topliss-reactive ketones (excluding diaryl/α,β-unsaturated/α-hetero) is 1. The van der Waals surface area contributed by atoms with E-state index in [1.807, 2.05) is 6.20 Å². The van der Waals surface area contributed by atoms with E-state index in [1.165, 1.54) is 0 Å². The molecule has 1 aromatic heterocycles. The van der Waals surface area contributed by atoms with Crippen LogP contribution < -0.4 is 0 Å². The summed E-state index contributed by atoms with van der Waals surface area (Å²) in [7, 11) is -0.670. The Morgan fingerprint density at radius 1 is 1.07 bits per heavy atom. The minimum atomic E-state index is -0.670. The largest absolute Gasteiger partial charge is 0.415 e. The van der Waals surface area contributed by atoms with Crippen LogP contribution in [0.1, 0.15) is 78.2 Å². The quantitative estimate of drug-likeness (QED) is 0.539. The molecule has 1 aromatic carbocycles. The van der Waals surface area contributed by atoms with E-state index in [0.717, 1.165) is 22.0 Å². The lowest BCUT2D eigenvalue weighted by molar-refractivity contribution is 0.0946. The minimum Gasteiger partial charge on any atom is -0.415 e. The number of rotatable bonds is 5. The summed E-state index contributed by atoms with van der Waals surface area (Å²) < 4.78 is 6.38. The predicted octanol–water partition coefficient (Wildman–Crippen LogP) is 5.59. The van der Waals surface area contributed by atoms with Gasteiger partial charge in [0.15, 0.2) is 15.5 Å². The number of carbonyl (C=O) groups excluding carboxylic acids is 1. The van der Waals surface area contributed by atoms with Crippen LogP contribution in [0, 0.1) is 16.7 Å². The highest BCUT2D eigenvalue weighted by atomic mass is 28.2. The summed E-state index contributed by atoms with van der Waals surface area (Å²) in [5.74, 6) is 0.335. The molecule has 0 saturated heterocycles. The first-order valence-corrected chi connectivity index (χ1v) is 11.3. The molecule has 0 spiro atoms. The molecule has 2 aromatic rings.